The highest BCUT2D eigenvalue weighted by atomic mass is 16.5. The van der Waals surface area contributed by atoms with E-state index in [0.717, 1.165) is 30.8 Å². The fourth-order valence-corrected chi connectivity index (χ4v) is 3.34. The maximum Gasteiger partial charge on any atom is 0.269 e. The zero-order chi connectivity index (χ0) is 17.8. The molecule has 1 saturated heterocycles. The number of ether oxygens (including phenoxy) is 1. The molecule has 0 amide bonds. The molecule has 25 heavy (non-hydrogen) atoms. The number of hydrogen-bond donors (Lipinski definition) is 0. The van der Waals surface area contributed by atoms with E-state index in [9.17, 15) is 4.79 Å². The Hall–Kier alpha value is -2.18. The van der Waals surface area contributed by atoms with Crippen LogP contribution >= 0.6 is 0 Å². The molecule has 0 bridgehead atoms. The summed E-state index contributed by atoms with van der Waals surface area (Å²) in [6, 6.07) is 12.0. The minimum Gasteiger partial charge on any atom is -0.380 e. The SMILES string of the molecule is CO[C@H]1C[C@@H](CN(C)c2cnn(Cc3ccccc3)c(=O)c2)N(C)C1. The molecule has 0 unspecified atom stereocenters. The van der Waals surface area contributed by atoms with Gasteiger partial charge in [0.1, 0.15) is 0 Å². The predicted molar refractivity (Wildman–Crippen MR) is 99.1 cm³/mol. The summed E-state index contributed by atoms with van der Waals surface area (Å²) < 4.78 is 6.96. The van der Waals surface area contributed by atoms with E-state index < -0.39 is 0 Å². The average molecular weight is 342 g/mol. The van der Waals surface area contributed by atoms with Crippen LogP contribution in [0, 0.1) is 0 Å². The highest BCUT2D eigenvalue weighted by Gasteiger charge is 2.30. The molecule has 1 aliphatic rings. The molecule has 2 atom stereocenters. The van der Waals surface area contributed by atoms with Crippen LogP contribution < -0.4 is 10.5 Å². The summed E-state index contributed by atoms with van der Waals surface area (Å²) in [6.45, 7) is 2.29. The Morgan fingerprint density at radius 1 is 1.32 bits per heavy atom. The van der Waals surface area contributed by atoms with Gasteiger partial charge in [-0.05, 0) is 19.0 Å². The number of anilines is 1. The molecule has 1 fully saturated rings. The van der Waals surface area contributed by atoms with Crippen LogP contribution in [0.3, 0.4) is 0 Å². The van der Waals surface area contributed by atoms with Gasteiger partial charge in [0.2, 0.25) is 0 Å². The Morgan fingerprint density at radius 2 is 2.08 bits per heavy atom. The van der Waals surface area contributed by atoms with Crippen molar-refractivity contribution >= 4 is 5.69 Å². The maximum absolute atomic E-state index is 12.4. The number of benzene rings is 1. The van der Waals surface area contributed by atoms with Crippen molar-refractivity contribution in [1.29, 1.82) is 0 Å². The van der Waals surface area contributed by atoms with Crippen molar-refractivity contribution in [2.75, 3.05) is 39.2 Å². The summed E-state index contributed by atoms with van der Waals surface area (Å²) in [7, 11) is 5.89. The lowest BCUT2D eigenvalue weighted by molar-refractivity contribution is 0.111. The molecule has 134 valence electrons. The van der Waals surface area contributed by atoms with Crippen LogP contribution in [-0.2, 0) is 11.3 Å². The van der Waals surface area contributed by atoms with Gasteiger partial charge in [-0.2, -0.15) is 5.10 Å². The first-order valence-electron chi connectivity index (χ1n) is 8.62. The number of rotatable bonds is 6. The van der Waals surface area contributed by atoms with E-state index in [1.165, 1.54) is 4.68 Å². The average Bonchev–Trinajstić information content (AvgIpc) is 2.97. The Labute approximate surface area is 148 Å². The van der Waals surface area contributed by atoms with Crippen LogP contribution in [-0.4, -0.2) is 61.1 Å². The van der Waals surface area contributed by atoms with Gasteiger partial charge in [-0.1, -0.05) is 30.3 Å². The van der Waals surface area contributed by atoms with Crippen LogP contribution in [0.25, 0.3) is 0 Å². The van der Waals surface area contributed by atoms with Gasteiger partial charge in [-0.3, -0.25) is 9.69 Å². The molecule has 0 aliphatic carbocycles. The summed E-state index contributed by atoms with van der Waals surface area (Å²) in [5.41, 5.74) is 1.84. The Kier molecular flexibility index (Phi) is 5.50. The molecule has 3 rings (SSSR count). The lowest BCUT2D eigenvalue weighted by atomic mass is 10.2. The molecule has 1 aromatic carbocycles. The van der Waals surface area contributed by atoms with Gasteiger partial charge in [0.15, 0.2) is 0 Å². The highest BCUT2D eigenvalue weighted by Crippen LogP contribution is 2.20. The molecule has 0 spiro atoms. The fraction of sp³-hybridized carbons (Fsp3) is 0.474. The third-order valence-electron chi connectivity index (χ3n) is 4.94. The number of hydrogen-bond acceptors (Lipinski definition) is 5. The van der Waals surface area contributed by atoms with Crippen LogP contribution in [0.5, 0.6) is 0 Å². The van der Waals surface area contributed by atoms with Crippen LogP contribution in [0.15, 0.2) is 47.4 Å². The first-order chi connectivity index (χ1) is 12.1. The summed E-state index contributed by atoms with van der Waals surface area (Å²) in [5.74, 6) is 0. The van der Waals surface area contributed by atoms with Gasteiger partial charge in [0, 0.05) is 39.4 Å². The van der Waals surface area contributed by atoms with E-state index in [4.69, 9.17) is 4.74 Å². The molecule has 2 heterocycles. The van der Waals surface area contributed by atoms with Crippen molar-refractivity contribution in [2.24, 2.45) is 0 Å². The molecule has 6 nitrogen and oxygen atoms in total. The number of aromatic nitrogens is 2. The molecule has 6 heteroatoms. The molecule has 0 N–H and O–H groups in total. The molecular formula is C19H26N4O2. The molecule has 0 saturated carbocycles. The van der Waals surface area contributed by atoms with E-state index in [1.807, 2.05) is 37.4 Å². The van der Waals surface area contributed by atoms with Gasteiger partial charge >= 0.3 is 0 Å². The van der Waals surface area contributed by atoms with E-state index in [0.29, 0.717) is 18.7 Å². The van der Waals surface area contributed by atoms with Crippen LogP contribution in [0.2, 0.25) is 0 Å². The summed E-state index contributed by atoms with van der Waals surface area (Å²) in [6.07, 6.45) is 3.07. The minimum atomic E-state index is -0.0808. The third kappa shape index (κ3) is 4.27. The summed E-state index contributed by atoms with van der Waals surface area (Å²) in [4.78, 5) is 16.8. The zero-order valence-corrected chi connectivity index (χ0v) is 15.1. The second-order valence-corrected chi connectivity index (χ2v) is 6.76. The molecule has 1 aliphatic heterocycles. The summed E-state index contributed by atoms with van der Waals surface area (Å²) >= 11 is 0. The normalized spacial score (nSPS) is 20.8. The smallest absolute Gasteiger partial charge is 0.269 e. The highest BCUT2D eigenvalue weighted by molar-refractivity contribution is 5.42. The maximum atomic E-state index is 12.4. The van der Waals surface area contributed by atoms with Gasteiger partial charge < -0.3 is 9.64 Å². The van der Waals surface area contributed by atoms with Crippen molar-refractivity contribution in [2.45, 2.75) is 25.1 Å². The summed E-state index contributed by atoms with van der Waals surface area (Å²) in [5, 5.41) is 4.34. The van der Waals surface area contributed by atoms with E-state index in [-0.39, 0.29) is 5.56 Å². The Morgan fingerprint density at radius 3 is 2.72 bits per heavy atom. The van der Waals surface area contributed by atoms with Crippen molar-refractivity contribution in [3.63, 3.8) is 0 Å². The number of nitrogens with zero attached hydrogens (tertiary/aromatic N) is 4. The topological polar surface area (TPSA) is 50.6 Å². The van der Waals surface area contributed by atoms with Gasteiger partial charge in [-0.25, -0.2) is 4.68 Å². The standard InChI is InChI=1S/C19H26N4O2/c1-21(13-17-9-18(25-3)14-22(17)2)16-10-19(24)23(20-11-16)12-15-7-5-4-6-8-15/h4-8,10-11,17-18H,9,12-14H2,1-3H3/t17-,18-/m0/s1. The van der Waals surface area contributed by atoms with Crippen molar-refractivity contribution in [3.05, 3.63) is 58.5 Å². The Balaban J connectivity index is 1.67. The van der Waals surface area contributed by atoms with E-state index in [2.05, 4.69) is 21.9 Å². The number of methoxy groups -OCH3 is 1. The zero-order valence-electron chi connectivity index (χ0n) is 15.1. The van der Waals surface area contributed by atoms with E-state index >= 15 is 0 Å². The van der Waals surface area contributed by atoms with Crippen molar-refractivity contribution in [1.82, 2.24) is 14.7 Å². The fourth-order valence-electron chi connectivity index (χ4n) is 3.34. The second kappa shape index (κ2) is 7.80. The minimum absolute atomic E-state index is 0.0808. The first kappa shape index (κ1) is 17.6. The third-order valence-corrected chi connectivity index (χ3v) is 4.94. The van der Waals surface area contributed by atoms with Crippen molar-refractivity contribution < 1.29 is 4.74 Å². The molecule has 1 aromatic heterocycles. The molecular weight excluding hydrogens is 316 g/mol. The quantitative estimate of drug-likeness (QED) is 0.795. The van der Waals surface area contributed by atoms with Gasteiger partial charge in [-0.15, -0.1) is 0 Å². The monoisotopic (exact) mass is 342 g/mol. The second-order valence-electron chi connectivity index (χ2n) is 6.76. The predicted octanol–water partition coefficient (Wildman–Crippen LogP) is 1.45. The number of likely N-dealkylation sites (tertiary alicyclic amines) is 1. The first-order valence-corrected chi connectivity index (χ1v) is 8.62. The van der Waals surface area contributed by atoms with Gasteiger partial charge in [0.05, 0.1) is 24.5 Å². The lowest BCUT2D eigenvalue weighted by Gasteiger charge is -2.26. The molecule has 2 aromatic rings. The number of likely N-dealkylation sites (N-methyl/N-ethyl adjacent to an activating group) is 2. The van der Waals surface area contributed by atoms with E-state index in [1.54, 1.807) is 19.4 Å². The largest absolute Gasteiger partial charge is 0.380 e. The van der Waals surface area contributed by atoms with Gasteiger partial charge in [0.25, 0.3) is 5.56 Å². The Bertz CT molecular complexity index is 747. The lowest BCUT2D eigenvalue weighted by Crippen LogP contribution is -2.37. The van der Waals surface area contributed by atoms with Crippen LogP contribution in [0.4, 0.5) is 5.69 Å². The van der Waals surface area contributed by atoms with Crippen LogP contribution in [0.1, 0.15) is 12.0 Å². The molecule has 0 radical (unpaired) electrons. The van der Waals surface area contributed by atoms with Crippen molar-refractivity contribution in [3.8, 4) is 0 Å².